The van der Waals surface area contributed by atoms with Crippen LogP contribution < -0.4 is 16.4 Å². The molecule has 1 aromatic rings. The van der Waals surface area contributed by atoms with Crippen molar-refractivity contribution in [1.29, 1.82) is 5.41 Å². The summed E-state index contributed by atoms with van der Waals surface area (Å²) in [6.45, 7) is 2.12. The number of nitrogens with one attached hydrogen (secondary N) is 3. The first kappa shape index (κ1) is 17.9. The average Bonchev–Trinajstić information content (AvgIpc) is 3.17. The van der Waals surface area contributed by atoms with Crippen LogP contribution in [0.5, 0.6) is 0 Å². The molecule has 2 atom stereocenters. The number of thiophene rings is 1. The molecule has 0 spiro atoms. The van der Waals surface area contributed by atoms with Crippen molar-refractivity contribution in [3.63, 3.8) is 0 Å². The van der Waals surface area contributed by atoms with Gasteiger partial charge in [0.15, 0.2) is 0 Å². The predicted octanol–water partition coefficient (Wildman–Crippen LogP) is -0.226. The Balaban J connectivity index is 1.95. The molecule has 3 amide bonds. The van der Waals surface area contributed by atoms with E-state index in [4.69, 9.17) is 11.1 Å². The Hall–Kier alpha value is -2.42. The molecule has 0 saturated carbocycles. The van der Waals surface area contributed by atoms with Crippen molar-refractivity contribution in [2.45, 2.75) is 38.4 Å². The smallest absolute Gasteiger partial charge is 0.243 e. The van der Waals surface area contributed by atoms with Gasteiger partial charge in [0.1, 0.15) is 11.9 Å². The van der Waals surface area contributed by atoms with Gasteiger partial charge in [-0.2, -0.15) is 0 Å². The maximum atomic E-state index is 12.4. The van der Waals surface area contributed by atoms with Crippen LogP contribution in [0.1, 0.15) is 30.2 Å². The maximum absolute atomic E-state index is 12.4. The third kappa shape index (κ3) is 4.10. The van der Waals surface area contributed by atoms with Crippen LogP contribution in [-0.4, -0.2) is 47.6 Å². The van der Waals surface area contributed by atoms with Gasteiger partial charge < -0.3 is 21.3 Å². The van der Waals surface area contributed by atoms with Crippen molar-refractivity contribution >= 4 is 35.4 Å². The summed E-state index contributed by atoms with van der Waals surface area (Å²) in [5.74, 6) is -0.480. The molecule has 5 N–H and O–H groups in total. The Morgan fingerprint density at radius 3 is 2.88 bits per heavy atom. The van der Waals surface area contributed by atoms with E-state index in [1.807, 2.05) is 6.92 Å². The number of nitrogen functional groups attached to an aromatic ring is 1. The van der Waals surface area contributed by atoms with Crippen LogP contribution in [-0.2, 0) is 20.9 Å². The highest BCUT2D eigenvalue weighted by molar-refractivity contribution is 7.10. The molecule has 8 nitrogen and oxygen atoms in total. The molecule has 1 fully saturated rings. The summed E-state index contributed by atoms with van der Waals surface area (Å²) in [6.07, 6.45) is 1.82. The number of likely N-dealkylation sites (tertiary alicyclic amines) is 1. The molecule has 1 aromatic heterocycles. The largest absolute Gasteiger partial charge is 0.384 e. The van der Waals surface area contributed by atoms with Gasteiger partial charge in [0, 0.05) is 21.9 Å². The Labute approximate surface area is 143 Å². The van der Waals surface area contributed by atoms with Gasteiger partial charge >= 0.3 is 0 Å². The van der Waals surface area contributed by atoms with Gasteiger partial charge in [-0.3, -0.25) is 19.8 Å². The predicted molar refractivity (Wildman–Crippen MR) is 90.6 cm³/mol. The highest BCUT2D eigenvalue weighted by Crippen LogP contribution is 2.24. The first-order valence-electron chi connectivity index (χ1n) is 7.61. The van der Waals surface area contributed by atoms with E-state index in [-0.39, 0.29) is 30.2 Å². The number of nitrogens with two attached hydrogens (primary N) is 1. The Bertz CT molecular complexity index is 645. The molecule has 1 aliphatic heterocycles. The molecule has 0 bridgehead atoms. The van der Waals surface area contributed by atoms with E-state index in [1.54, 1.807) is 16.3 Å². The Morgan fingerprint density at radius 2 is 2.25 bits per heavy atom. The minimum Gasteiger partial charge on any atom is -0.384 e. The Morgan fingerprint density at radius 1 is 1.50 bits per heavy atom. The van der Waals surface area contributed by atoms with Gasteiger partial charge in [-0.15, -0.1) is 11.3 Å². The zero-order valence-corrected chi connectivity index (χ0v) is 14.2. The molecule has 2 rings (SSSR count). The number of amides is 3. The summed E-state index contributed by atoms with van der Waals surface area (Å²) in [6, 6.07) is 1.21. The summed E-state index contributed by atoms with van der Waals surface area (Å²) in [5.41, 5.74) is 6.05. The number of hydrogen-bond acceptors (Lipinski definition) is 5. The Kier molecular flexibility index (Phi) is 5.91. The molecule has 9 heteroatoms. The zero-order valence-electron chi connectivity index (χ0n) is 13.4. The minimum atomic E-state index is -0.520. The second-order valence-electron chi connectivity index (χ2n) is 5.68. The molecular weight excluding hydrogens is 330 g/mol. The number of carbonyl (C=O) groups excluding carboxylic acids is 3. The lowest BCUT2D eigenvalue weighted by Crippen LogP contribution is -2.50. The van der Waals surface area contributed by atoms with Crippen LogP contribution in [0, 0.1) is 5.41 Å². The average molecular weight is 351 g/mol. The van der Waals surface area contributed by atoms with Crippen LogP contribution in [0.15, 0.2) is 11.4 Å². The summed E-state index contributed by atoms with van der Waals surface area (Å²) < 4.78 is 0. The van der Waals surface area contributed by atoms with Gasteiger partial charge in [-0.05, 0) is 25.8 Å². The maximum Gasteiger partial charge on any atom is 0.243 e. The molecule has 130 valence electrons. The van der Waals surface area contributed by atoms with E-state index in [1.165, 1.54) is 11.3 Å². The highest BCUT2D eigenvalue weighted by atomic mass is 32.1. The molecule has 2 unspecified atom stereocenters. The number of amidine groups is 1. The van der Waals surface area contributed by atoms with Crippen molar-refractivity contribution < 1.29 is 14.4 Å². The standard InChI is InChI=1S/C15H21N5O3S/c1-9-2-3-12(20(9)13(22)6-18-8-21)15(23)19-5-11-4-10(7-24-11)14(16)17/h4,7-9,12H,2-3,5-6H2,1H3,(H3,16,17)(H,18,21)(H,19,23). The van der Waals surface area contributed by atoms with Crippen molar-refractivity contribution in [3.05, 3.63) is 21.9 Å². The van der Waals surface area contributed by atoms with Gasteiger partial charge in [-0.1, -0.05) is 0 Å². The topological polar surface area (TPSA) is 128 Å². The monoisotopic (exact) mass is 351 g/mol. The first-order chi connectivity index (χ1) is 11.4. The molecule has 1 aliphatic rings. The van der Waals surface area contributed by atoms with Gasteiger partial charge in [0.05, 0.1) is 13.1 Å². The van der Waals surface area contributed by atoms with Crippen molar-refractivity contribution in [3.8, 4) is 0 Å². The van der Waals surface area contributed by atoms with Crippen LogP contribution >= 0.6 is 11.3 Å². The van der Waals surface area contributed by atoms with Crippen molar-refractivity contribution in [1.82, 2.24) is 15.5 Å². The van der Waals surface area contributed by atoms with Crippen LogP contribution in [0.4, 0.5) is 0 Å². The summed E-state index contributed by atoms with van der Waals surface area (Å²) in [5, 5.41) is 14.3. The molecule has 2 heterocycles. The quantitative estimate of drug-likeness (QED) is 0.307. The van der Waals surface area contributed by atoms with Gasteiger partial charge in [-0.25, -0.2) is 0 Å². The number of carbonyl (C=O) groups is 3. The molecule has 0 radical (unpaired) electrons. The molecule has 24 heavy (non-hydrogen) atoms. The summed E-state index contributed by atoms with van der Waals surface area (Å²) in [4.78, 5) is 37.4. The molecule has 0 aromatic carbocycles. The third-order valence-electron chi connectivity index (χ3n) is 4.00. The number of hydrogen-bond donors (Lipinski definition) is 4. The van der Waals surface area contributed by atoms with E-state index < -0.39 is 6.04 Å². The summed E-state index contributed by atoms with van der Waals surface area (Å²) >= 11 is 1.42. The lowest BCUT2D eigenvalue weighted by Gasteiger charge is -2.27. The first-order valence-corrected chi connectivity index (χ1v) is 8.49. The molecule has 0 aliphatic carbocycles. The number of nitrogens with zero attached hydrogens (tertiary/aromatic N) is 1. The fraction of sp³-hybridized carbons (Fsp3) is 0.467. The molecular formula is C15H21N5O3S. The van der Waals surface area contributed by atoms with Crippen LogP contribution in [0.2, 0.25) is 0 Å². The third-order valence-corrected chi connectivity index (χ3v) is 4.93. The second kappa shape index (κ2) is 7.91. The van der Waals surface area contributed by atoms with E-state index in [2.05, 4.69) is 10.6 Å². The lowest BCUT2D eigenvalue weighted by atomic mass is 10.2. The number of rotatable bonds is 7. The van der Waals surface area contributed by atoms with E-state index in [0.29, 0.717) is 24.9 Å². The van der Waals surface area contributed by atoms with Gasteiger partial charge in [0.2, 0.25) is 18.2 Å². The zero-order chi connectivity index (χ0) is 17.7. The normalized spacial score (nSPS) is 19.8. The lowest BCUT2D eigenvalue weighted by molar-refractivity contribution is -0.139. The van der Waals surface area contributed by atoms with E-state index >= 15 is 0 Å². The van der Waals surface area contributed by atoms with Crippen molar-refractivity contribution in [2.24, 2.45) is 5.73 Å². The fourth-order valence-electron chi connectivity index (χ4n) is 2.79. The highest BCUT2D eigenvalue weighted by Gasteiger charge is 2.38. The molecule has 1 saturated heterocycles. The van der Waals surface area contributed by atoms with Crippen LogP contribution in [0.25, 0.3) is 0 Å². The fourth-order valence-corrected chi connectivity index (χ4v) is 3.61. The second-order valence-corrected chi connectivity index (χ2v) is 6.67. The van der Waals surface area contributed by atoms with Crippen LogP contribution in [0.3, 0.4) is 0 Å². The van der Waals surface area contributed by atoms with Crippen molar-refractivity contribution in [2.75, 3.05) is 6.54 Å². The van der Waals surface area contributed by atoms with Gasteiger partial charge in [0.25, 0.3) is 0 Å². The van der Waals surface area contributed by atoms with E-state index in [0.717, 1.165) is 11.3 Å². The van der Waals surface area contributed by atoms with E-state index in [9.17, 15) is 14.4 Å². The summed E-state index contributed by atoms with van der Waals surface area (Å²) in [7, 11) is 0. The SMILES string of the molecule is CC1CCC(C(=O)NCc2cc(C(=N)N)cs2)N1C(=O)CNC=O. The minimum absolute atomic E-state index is 0.00658.